The van der Waals surface area contributed by atoms with E-state index in [1.165, 1.54) is 6.42 Å². The molecule has 0 aliphatic carbocycles. The van der Waals surface area contributed by atoms with E-state index in [1.54, 1.807) is 11.8 Å². The molecule has 0 spiro atoms. The summed E-state index contributed by atoms with van der Waals surface area (Å²) in [7, 11) is 0. The van der Waals surface area contributed by atoms with Crippen LogP contribution in [0.1, 0.15) is 24.8 Å². The lowest BCUT2D eigenvalue weighted by atomic mass is 10.1. The molecule has 1 fully saturated rings. The number of ether oxygens (including phenoxy) is 1. The number of thioether (sulfide) groups is 1. The normalized spacial score (nSPS) is 17.3. The predicted molar refractivity (Wildman–Crippen MR) is 101 cm³/mol. The highest BCUT2D eigenvalue weighted by Gasteiger charge is 2.14. The second-order valence-electron chi connectivity index (χ2n) is 5.79. The van der Waals surface area contributed by atoms with E-state index in [4.69, 9.17) is 4.74 Å². The van der Waals surface area contributed by atoms with Crippen LogP contribution < -0.4 is 10.6 Å². The summed E-state index contributed by atoms with van der Waals surface area (Å²) in [5.41, 5.74) is 1.72. The zero-order valence-electron chi connectivity index (χ0n) is 13.8. The Hall–Kier alpha value is -1.05. The number of hydrogen-bond acceptors (Lipinski definition) is 4. The third-order valence-electron chi connectivity index (χ3n) is 3.72. The van der Waals surface area contributed by atoms with Gasteiger partial charge in [-0.05, 0) is 49.9 Å². The lowest BCUT2D eigenvalue weighted by Crippen LogP contribution is -2.34. The summed E-state index contributed by atoms with van der Waals surface area (Å²) in [6, 6.07) is 5.63. The number of anilines is 1. The van der Waals surface area contributed by atoms with Crippen molar-refractivity contribution < 1.29 is 14.3 Å². The van der Waals surface area contributed by atoms with Crippen molar-refractivity contribution in [1.29, 1.82) is 0 Å². The molecule has 1 aromatic carbocycles. The molecule has 0 bridgehead atoms. The van der Waals surface area contributed by atoms with Gasteiger partial charge in [0.1, 0.15) is 0 Å². The first-order valence-electron chi connectivity index (χ1n) is 8.06. The van der Waals surface area contributed by atoms with Gasteiger partial charge in [0.25, 0.3) is 0 Å². The fraction of sp³-hybridized carbons (Fsp3) is 0.529. The molecule has 0 radical (unpaired) electrons. The zero-order valence-corrected chi connectivity index (χ0v) is 16.2. The van der Waals surface area contributed by atoms with Crippen molar-refractivity contribution in [2.24, 2.45) is 0 Å². The predicted octanol–water partition coefficient (Wildman–Crippen LogP) is 3.11. The maximum Gasteiger partial charge on any atom is 0.243 e. The van der Waals surface area contributed by atoms with Crippen LogP contribution in [-0.2, 0) is 14.3 Å². The maximum atomic E-state index is 11.9. The Labute approximate surface area is 155 Å². The van der Waals surface area contributed by atoms with E-state index in [0.29, 0.717) is 5.75 Å². The molecule has 5 nitrogen and oxygen atoms in total. The Morgan fingerprint density at radius 1 is 1.33 bits per heavy atom. The van der Waals surface area contributed by atoms with Crippen LogP contribution in [0.5, 0.6) is 0 Å². The SMILES string of the molecule is Cc1cc(Br)ccc1NC(=O)CNC(=O)CSCC1CCCCO1. The van der Waals surface area contributed by atoms with Crippen molar-refractivity contribution in [1.82, 2.24) is 5.32 Å². The summed E-state index contributed by atoms with van der Waals surface area (Å²) in [5, 5.41) is 5.45. The van der Waals surface area contributed by atoms with Gasteiger partial charge < -0.3 is 15.4 Å². The molecule has 7 heteroatoms. The number of rotatable bonds is 7. The number of carbonyl (C=O) groups is 2. The standard InChI is InChI=1S/C17H23BrN2O3S/c1-12-8-13(18)5-6-15(12)20-16(21)9-19-17(22)11-24-10-14-4-2-3-7-23-14/h5-6,8,14H,2-4,7,9-11H2,1H3,(H,19,22)(H,20,21). The number of nitrogens with one attached hydrogen (secondary N) is 2. The Bertz CT molecular complexity index is 577. The minimum atomic E-state index is -0.227. The van der Waals surface area contributed by atoms with Gasteiger partial charge in [-0.3, -0.25) is 9.59 Å². The van der Waals surface area contributed by atoms with E-state index in [0.717, 1.165) is 40.9 Å². The summed E-state index contributed by atoms with van der Waals surface area (Å²) >= 11 is 4.94. The fourth-order valence-electron chi connectivity index (χ4n) is 2.41. The highest BCUT2D eigenvalue weighted by Crippen LogP contribution is 2.20. The molecule has 2 amide bonds. The molecule has 1 unspecified atom stereocenters. The fourth-order valence-corrected chi connectivity index (χ4v) is 3.82. The lowest BCUT2D eigenvalue weighted by molar-refractivity contribution is -0.122. The van der Waals surface area contributed by atoms with E-state index in [9.17, 15) is 9.59 Å². The number of benzene rings is 1. The number of hydrogen-bond donors (Lipinski definition) is 2. The third-order valence-corrected chi connectivity index (χ3v) is 5.29. The van der Waals surface area contributed by atoms with E-state index < -0.39 is 0 Å². The van der Waals surface area contributed by atoms with Gasteiger partial charge in [0.2, 0.25) is 11.8 Å². The first kappa shape index (κ1) is 19.3. The Morgan fingerprint density at radius 3 is 2.88 bits per heavy atom. The molecule has 1 aliphatic rings. The van der Waals surface area contributed by atoms with Crippen LogP contribution in [-0.4, -0.2) is 42.6 Å². The maximum absolute atomic E-state index is 11.9. The van der Waals surface area contributed by atoms with Crippen LogP contribution in [0.3, 0.4) is 0 Å². The molecule has 1 heterocycles. The van der Waals surface area contributed by atoms with Gasteiger partial charge in [-0.2, -0.15) is 0 Å². The van der Waals surface area contributed by atoms with Gasteiger partial charge in [-0.1, -0.05) is 15.9 Å². The quantitative estimate of drug-likeness (QED) is 0.718. The van der Waals surface area contributed by atoms with Gasteiger partial charge in [-0.15, -0.1) is 11.8 Å². The molecule has 2 N–H and O–H groups in total. The molecule has 1 aromatic rings. The lowest BCUT2D eigenvalue weighted by Gasteiger charge is -2.21. The van der Waals surface area contributed by atoms with Gasteiger partial charge in [0.05, 0.1) is 18.4 Å². The number of amides is 2. The third kappa shape index (κ3) is 6.83. The average molecular weight is 415 g/mol. The van der Waals surface area contributed by atoms with Gasteiger partial charge in [0, 0.05) is 22.5 Å². The highest BCUT2D eigenvalue weighted by atomic mass is 79.9. The summed E-state index contributed by atoms with van der Waals surface area (Å²) in [5.74, 6) is 0.829. The number of aryl methyl sites for hydroxylation is 1. The monoisotopic (exact) mass is 414 g/mol. The van der Waals surface area contributed by atoms with Crippen molar-refractivity contribution in [2.45, 2.75) is 32.3 Å². The Kier molecular flexibility index (Phi) is 8.08. The summed E-state index contributed by atoms with van der Waals surface area (Å²) < 4.78 is 6.59. The van der Waals surface area contributed by atoms with Crippen molar-refractivity contribution in [2.75, 3.05) is 30.0 Å². The van der Waals surface area contributed by atoms with Crippen LogP contribution in [0.25, 0.3) is 0 Å². The second-order valence-corrected chi connectivity index (χ2v) is 7.73. The van der Waals surface area contributed by atoms with Crippen LogP contribution in [0.15, 0.2) is 22.7 Å². The minimum absolute atomic E-state index is 0.0190. The highest BCUT2D eigenvalue weighted by molar-refractivity contribution is 9.10. The smallest absolute Gasteiger partial charge is 0.243 e. The van der Waals surface area contributed by atoms with Crippen molar-refractivity contribution in [3.63, 3.8) is 0 Å². The number of halogens is 1. The Morgan fingerprint density at radius 2 is 2.17 bits per heavy atom. The largest absolute Gasteiger partial charge is 0.377 e. The van der Waals surface area contributed by atoms with Crippen LogP contribution in [0, 0.1) is 6.92 Å². The first-order valence-corrected chi connectivity index (χ1v) is 10.0. The summed E-state index contributed by atoms with van der Waals surface area (Å²) in [4.78, 5) is 23.7. The van der Waals surface area contributed by atoms with E-state index in [2.05, 4.69) is 26.6 Å². The Balaban J connectivity index is 1.62. The van der Waals surface area contributed by atoms with Crippen molar-refractivity contribution in [3.05, 3.63) is 28.2 Å². The number of carbonyl (C=O) groups excluding carboxylic acids is 2. The molecule has 132 valence electrons. The first-order chi connectivity index (χ1) is 11.5. The van der Waals surface area contributed by atoms with E-state index in [-0.39, 0.29) is 24.5 Å². The van der Waals surface area contributed by atoms with E-state index >= 15 is 0 Å². The average Bonchev–Trinajstić information content (AvgIpc) is 2.56. The molecule has 0 aromatic heterocycles. The summed E-state index contributed by atoms with van der Waals surface area (Å²) in [6.07, 6.45) is 3.67. The molecule has 1 aliphatic heterocycles. The molecule has 0 saturated carbocycles. The van der Waals surface area contributed by atoms with E-state index in [1.807, 2.05) is 25.1 Å². The molecule has 1 atom stereocenters. The topological polar surface area (TPSA) is 67.4 Å². The molecule has 1 saturated heterocycles. The van der Waals surface area contributed by atoms with Crippen LogP contribution in [0.4, 0.5) is 5.69 Å². The second kappa shape index (κ2) is 10.1. The van der Waals surface area contributed by atoms with Crippen LogP contribution >= 0.6 is 27.7 Å². The van der Waals surface area contributed by atoms with Gasteiger partial charge >= 0.3 is 0 Å². The zero-order chi connectivity index (χ0) is 17.4. The molecule has 24 heavy (non-hydrogen) atoms. The summed E-state index contributed by atoms with van der Waals surface area (Å²) in [6.45, 7) is 2.73. The van der Waals surface area contributed by atoms with Crippen LogP contribution in [0.2, 0.25) is 0 Å². The molecular formula is C17H23BrN2O3S. The molecule has 2 rings (SSSR count). The minimum Gasteiger partial charge on any atom is -0.377 e. The van der Waals surface area contributed by atoms with Gasteiger partial charge in [-0.25, -0.2) is 0 Å². The molecular weight excluding hydrogens is 392 g/mol. The van der Waals surface area contributed by atoms with Crippen molar-refractivity contribution >= 4 is 45.2 Å². The van der Waals surface area contributed by atoms with Gasteiger partial charge in [0.15, 0.2) is 0 Å². The van der Waals surface area contributed by atoms with Crippen molar-refractivity contribution in [3.8, 4) is 0 Å².